The van der Waals surface area contributed by atoms with Gasteiger partial charge in [0.1, 0.15) is 23.7 Å². The van der Waals surface area contributed by atoms with Gasteiger partial charge in [0.25, 0.3) is 5.91 Å². The highest BCUT2D eigenvalue weighted by molar-refractivity contribution is 6.10. The SMILES string of the molecule is C=CCOc1cccc(C2c3c(oc4ccc(C)cc4c3=O)C(=O)N2c2ccc(OCC)cc2)c1. The zero-order valence-corrected chi connectivity index (χ0v) is 19.6. The van der Waals surface area contributed by atoms with Gasteiger partial charge < -0.3 is 13.9 Å². The fourth-order valence-corrected chi connectivity index (χ4v) is 4.47. The number of ether oxygens (including phenoxy) is 2. The molecular formula is C29H25NO5. The molecule has 0 saturated carbocycles. The maximum absolute atomic E-state index is 13.8. The molecule has 5 rings (SSSR count). The van der Waals surface area contributed by atoms with Crippen LogP contribution < -0.4 is 19.8 Å². The van der Waals surface area contributed by atoms with Gasteiger partial charge in [-0.3, -0.25) is 14.5 Å². The average Bonchev–Trinajstić information content (AvgIpc) is 3.16. The average molecular weight is 468 g/mol. The molecule has 0 bridgehead atoms. The Bertz CT molecular complexity index is 1490. The molecule has 0 radical (unpaired) electrons. The van der Waals surface area contributed by atoms with Gasteiger partial charge in [0.05, 0.1) is 23.6 Å². The highest BCUT2D eigenvalue weighted by atomic mass is 16.5. The van der Waals surface area contributed by atoms with Crippen molar-refractivity contribution in [3.63, 3.8) is 0 Å². The molecule has 1 aliphatic rings. The summed E-state index contributed by atoms with van der Waals surface area (Å²) in [5.41, 5.74) is 2.81. The summed E-state index contributed by atoms with van der Waals surface area (Å²) in [6.45, 7) is 8.41. The highest BCUT2D eigenvalue weighted by Gasteiger charge is 2.43. The molecule has 1 aromatic heterocycles. The highest BCUT2D eigenvalue weighted by Crippen LogP contribution is 2.42. The number of hydrogen-bond donors (Lipinski definition) is 0. The van der Waals surface area contributed by atoms with Crippen LogP contribution in [0.2, 0.25) is 0 Å². The van der Waals surface area contributed by atoms with E-state index in [1.165, 1.54) is 0 Å². The van der Waals surface area contributed by atoms with E-state index >= 15 is 0 Å². The van der Waals surface area contributed by atoms with E-state index in [9.17, 15) is 9.59 Å². The lowest BCUT2D eigenvalue weighted by atomic mass is 9.97. The maximum Gasteiger partial charge on any atom is 0.295 e. The van der Waals surface area contributed by atoms with Crippen LogP contribution in [0.4, 0.5) is 5.69 Å². The first-order chi connectivity index (χ1) is 17.0. The number of carbonyl (C=O) groups is 1. The van der Waals surface area contributed by atoms with Gasteiger partial charge in [-0.15, -0.1) is 0 Å². The van der Waals surface area contributed by atoms with Gasteiger partial charge in [0.2, 0.25) is 5.76 Å². The number of aryl methyl sites for hydroxylation is 1. The standard InChI is InChI=1S/C29H25NO5/c1-4-15-34-22-8-6-7-19(17-22)26-25-27(31)23-16-18(3)9-14-24(23)35-28(25)29(32)30(26)20-10-12-21(13-11-20)33-5-2/h4,6-14,16-17,26H,1,5,15H2,2-3H3. The Kier molecular flexibility index (Phi) is 5.87. The Labute approximate surface area is 203 Å². The third-order valence-electron chi connectivity index (χ3n) is 5.99. The second-order valence-corrected chi connectivity index (χ2v) is 8.35. The first-order valence-electron chi connectivity index (χ1n) is 11.5. The van der Waals surface area contributed by atoms with Crippen LogP contribution in [0.25, 0.3) is 11.0 Å². The number of fused-ring (bicyclic) bond motifs is 2. The van der Waals surface area contributed by atoms with Crippen molar-refractivity contribution in [1.82, 2.24) is 0 Å². The van der Waals surface area contributed by atoms with Gasteiger partial charge in [0, 0.05) is 5.69 Å². The summed E-state index contributed by atoms with van der Waals surface area (Å²) < 4.78 is 17.3. The minimum absolute atomic E-state index is 0.0580. The van der Waals surface area contributed by atoms with E-state index in [0.717, 1.165) is 11.1 Å². The van der Waals surface area contributed by atoms with Crippen molar-refractivity contribution in [2.75, 3.05) is 18.1 Å². The Morgan fingerprint density at radius 2 is 1.80 bits per heavy atom. The first-order valence-corrected chi connectivity index (χ1v) is 11.5. The summed E-state index contributed by atoms with van der Waals surface area (Å²) >= 11 is 0. The van der Waals surface area contributed by atoms with E-state index in [1.54, 1.807) is 23.1 Å². The third-order valence-corrected chi connectivity index (χ3v) is 5.99. The van der Waals surface area contributed by atoms with Crippen LogP contribution in [0.5, 0.6) is 11.5 Å². The number of amides is 1. The van der Waals surface area contributed by atoms with Crippen molar-refractivity contribution < 1.29 is 18.7 Å². The molecular weight excluding hydrogens is 442 g/mol. The lowest BCUT2D eigenvalue weighted by Crippen LogP contribution is -2.29. The molecule has 4 aromatic rings. The van der Waals surface area contributed by atoms with Crippen LogP contribution in [-0.2, 0) is 0 Å². The third kappa shape index (κ3) is 3.97. The predicted molar refractivity (Wildman–Crippen MR) is 136 cm³/mol. The summed E-state index contributed by atoms with van der Waals surface area (Å²) in [5, 5.41) is 0.453. The number of rotatable bonds is 7. The van der Waals surface area contributed by atoms with Crippen LogP contribution in [0.15, 0.2) is 88.6 Å². The summed E-state index contributed by atoms with van der Waals surface area (Å²) in [6.07, 6.45) is 1.66. The second kappa shape index (κ2) is 9.14. The first kappa shape index (κ1) is 22.5. The van der Waals surface area contributed by atoms with Crippen molar-refractivity contribution >= 4 is 22.6 Å². The minimum Gasteiger partial charge on any atom is -0.494 e. The number of hydrogen-bond acceptors (Lipinski definition) is 5. The smallest absolute Gasteiger partial charge is 0.295 e. The van der Waals surface area contributed by atoms with Crippen molar-refractivity contribution in [2.45, 2.75) is 19.9 Å². The molecule has 176 valence electrons. The molecule has 0 saturated heterocycles. The normalized spacial score (nSPS) is 14.7. The number of benzene rings is 3. The van der Waals surface area contributed by atoms with Gasteiger partial charge in [-0.1, -0.05) is 36.4 Å². The largest absolute Gasteiger partial charge is 0.494 e. The fourth-order valence-electron chi connectivity index (χ4n) is 4.47. The van der Waals surface area contributed by atoms with Crippen molar-refractivity contribution in [3.05, 3.63) is 112 Å². The van der Waals surface area contributed by atoms with E-state index in [2.05, 4.69) is 6.58 Å². The second-order valence-electron chi connectivity index (χ2n) is 8.35. The summed E-state index contributed by atoms with van der Waals surface area (Å²) in [4.78, 5) is 29.1. The molecule has 6 heteroatoms. The van der Waals surface area contributed by atoms with E-state index in [-0.39, 0.29) is 17.1 Å². The van der Waals surface area contributed by atoms with Gasteiger partial charge in [-0.05, 0) is 67.9 Å². The molecule has 0 fully saturated rings. The van der Waals surface area contributed by atoms with Crippen molar-refractivity contribution in [3.8, 4) is 11.5 Å². The van der Waals surface area contributed by atoms with Crippen molar-refractivity contribution in [2.24, 2.45) is 0 Å². The molecule has 0 N–H and O–H groups in total. The van der Waals surface area contributed by atoms with Gasteiger partial charge in [-0.2, -0.15) is 0 Å². The lowest BCUT2D eigenvalue weighted by Gasteiger charge is -2.25. The molecule has 1 atom stereocenters. The molecule has 0 aliphatic carbocycles. The summed E-state index contributed by atoms with van der Waals surface area (Å²) in [7, 11) is 0. The van der Waals surface area contributed by atoms with Crippen LogP contribution in [-0.4, -0.2) is 19.1 Å². The lowest BCUT2D eigenvalue weighted by molar-refractivity contribution is 0.0971. The maximum atomic E-state index is 13.8. The molecule has 1 aliphatic heterocycles. The fraction of sp³-hybridized carbons (Fsp3) is 0.172. The van der Waals surface area contributed by atoms with Gasteiger partial charge in [0.15, 0.2) is 5.43 Å². The Balaban J connectivity index is 1.72. The van der Waals surface area contributed by atoms with E-state index in [0.29, 0.717) is 46.9 Å². The van der Waals surface area contributed by atoms with Crippen LogP contribution in [0.1, 0.15) is 40.2 Å². The zero-order chi connectivity index (χ0) is 24.5. The summed E-state index contributed by atoms with van der Waals surface area (Å²) in [5.74, 6) is 1.01. The van der Waals surface area contributed by atoms with Crippen LogP contribution >= 0.6 is 0 Å². The number of carbonyl (C=O) groups excluding carboxylic acids is 1. The van der Waals surface area contributed by atoms with Gasteiger partial charge >= 0.3 is 0 Å². The molecule has 3 aromatic carbocycles. The Hall–Kier alpha value is -4.32. The zero-order valence-electron chi connectivity index (χ0n) is 19.6. The molecule has 6 nitrogen and oxygen atoms in total. The van der Waals surface area contributed by atoms with Crippen LogP contribution in [0.3, 0.4) is 0 Å². The van der Waals surface area contributed by atoms with Crippen molar-refractivity contribution in [1.29, 1.82) is 0 Å². The number of nitrogens with zero attached hydrogens (tertiary/aromatic N) is 1. The molecule has 35 heavy (non-hydrogen) atoms. The predicted octanol–water partition coefficient (Wildman–Crippen LogP) is 5.81. The van der Waals surface area contributed by atoms with E-state index in [4.69, 9.17) is 13.9 Å². The van der Waals surface area contributed by atoms with E-state index < -0.39 is 6.04 Å². The molecule has 1 amide bonds. The Morgan fingerprint density at radius 3 is 2.54 bits per heavy atom. The quantitative estimate of drug-likeness (QED) is 0.321. The van der Waals surface area contributed by atoms with Gasteiger partial charge in [-0.25, -0.2) is 0 Å². The molecule has 2 heterocycles. The number of anilines is 1. The monoisotopic (exact) mass is 467 g/mol. The topological polar surface area (TPSA) is 69.0 Å². The molecule has 0 spiro atoms. The summed E-state index contributed by atoms with van der Waals surface area (Å²) in [6, 6.07) is 19.4. The van der Waals surface area contributed by atoms with Crippen LogP contribution in [0, 0.1) is 6.92 Å². The Morgan fingerprint density at radius 1 is 1.00 bits per heavy atom. The molecule has 1 unspecified atom stereocenters. The van der Waals surface area contributed by atoms with E-state index in [1.807, 2.05) is 68.4 Å². The minimum atomic E-state index is -0.677.